The first-order chi connectivity index (χ1) is 14.5. The fourth-order valence-electron chi connectivity index (χ4n) is 4.67. The SMILES string of the molecule is Cc1cc(Cl)ccc1OCc1nn(CN2CCC(C)CC2)c(=S)n1C1CCCCC1. The van der Waals surface area contributed by atoms with Crippen LogP contribution in [0.25, 0.3) is 0 Å². The van der Waals surface area contributed by atoms with E-state index in [9.17, 15) is 0 Å². The molecule has 2 aliphatic rings. The van der Waals surface area contributed by atoms with Crippen molar-refractivity contribution < 1.29 is 4.74 Å². The molecule has 1 aliphatic carbocycles. The van der Waals surface area contributed by atoms with Crippen LogP contribution >= 0.6 is 23.8 Å². The van der Waals surface area contributed by atoms with Gasteiger partial charge in [0.2, 0.25) is 0 Å². The lowest BCUT2D eigenvalue weighted by Crippen LogP contribution is -2.34. The number of rotatable bonds is 6. The van der Waals surface area contributed by atoms with E-state index < -0.39 is 0 Å². The quantitative estimate of drug-likeness (QED) is 0.496. The van der Waals surface area contributed by atoms with Gasteiger partial charge in [-0.2, -0.15) is 5.10 Å². The van der Waals surface area contributed by atoms with Gasteiger partial charge in [-0.15, -0.1) is 0 Å². The topological polar surface area (TPSA) is 35.2 Å². The van der Waals surface area contributed by atoms with Crippen LogP contribution in [-0.2, 0) is 13.3 Å². The Morgan fingerprint density at radius 2 is 1.87 bits per heavy atom. The van der Waals surface area contributed by atoms with E-state index in [1.807, 2.05) is 29.8 Å². The zero-order valence-electron chi connectivity index (χ0n) is 18.1. The minimum Gasteiger partial charge on any atom is -0.485 e. The second kappa shape index (κ2) is 9.84. The molecule has 2 fully saturated rings. The molecule has 1 aromatic heterocycles. The fourth-order valence-corrected chi connectivity index (χ4v) is 5.25. The lowest BCUT2D eigenvalue weighted by molar-refractivity contribution is 0.145. The number of halogens is 1. The molecule has 0 atom stereocenters. The Labute approximate surface area is 190 Å². The number of aryl methyl sites for hydroxylation is 1. The molecule has 0 bridgehead atoms. The minimum absolute atomic E-state index is 0.423. The Morgan fingerprint density at radius 3 is 2.57 bits per heavy atom. The molecule has 7 heteroatoms. The first-order valence-corrected chi connectivity index (χ1v) is 12.1. The number of piperidine rings is 1. The summed E-state index contributed by atoms with van der Waals surface area (Å²) in [4.78, 5) is 2.47. The average Bonchev–Trinajstić information content (AvgIpc) is 3.05. The zero-order valence-corrected chi connectivity index (χ0v) is 19.7. The third kappa shape index (κ3) is 5.09. The molecule has 1 aromatic carbocycles. The highest BCUT2D eigenvalue weighted by atomic mass is 35.5. The van der Waals surface area contributed by atoms with E-state index >= 15 is 0 Å². The number of ether oxygens (including phenoxy) is 1. The van der Waals surface area contributed by atoms with Crippen molar-refractivity contribution in [2.45, 2.75) is 78.1 Å². The van der Waals surface area contributed by atoms with E-state index in [2.05, 4.69) is 16.4 Å². The molecular weight excluding hydrogens is 416 g/mol. The van der Waals surface area contributed by atoms with Crippen molar-refractivity contribution in [1.82, 2.24) is 19.2 Å². The van der Waals surface area contributed by atoms with Crippen molar-refractivity contribution in [1.29, 1.82) is 0 Å². The highest BCUT2D eigenvalue weighted by molar-refractivity contribution is 7.71. The maximum atomic E-state index is 6.17. The van der Waals surface area contributed by atoms with Crippen LogP contribution in [0, 0.1) is 17.6 Å². The van der Waals surface area contributed by atoms with Gasteiger partial charge in [-0.1, -0.05) is 37.8 Å². The van der Waals surface area contributed by atoms with E-state index in [0.717, 1.165) is 52.6 Å². The lowest BCUT2D eigenvalue weighted by atomic mass is 9.95. The third-order valence-electron chi connectivity index (χ3n) is 6.58. The fraction of sp³-hybridized carbons (Fsp3) is 0.652. The van der Waals surface area contributed by atoms with Crippen LogP contribution < -0.4 is 4.74 Å². The molecule has 2 aromatic rings. The standard InChI is InChI=1S/C23H33ClN4OS/c1-17-10-12-26(13-11-17)16-27-23(30)28(20-6-4-3-5-7-20)22(25-27)15-29-21-9-8-19(24)14-18(21)2/h8-9,14,17,20H,3-7,10-13,15-16H2,1-2H3. The summed E-state index contributed by atoms with van der Waals surface area (Å²) in [6, 6.07) is 6.17. The molecule has 30 heavy (non-hydrogen) atoms. The molecule has 0 amide bonds. The predicted octanol–water partition coefficient (Wildman–Crippen LogP) is 6.15. The van der Waals surface area contributed by atoms with Crippen molar-refractivity contribution in [3.05, 3.63) is 39.4 Å². The summed E-state index contributed by atoms with van der Waals surface area (Å²) >= 11 is 12.0. The average molecular weight is 449 g/mol. The maximum Gasteiger partial charge on any atom is 0.199 e. The Balaban J connectivity index is 1.56. The van der Waals surface area contributed by atoms with E-state index in [0.29, 0.717) is 12.6 Å². The predicted molar refractivity (Wildman–Crippen MR) is 124 cm³/mol. The van der Waals surface area contributed by atoms with Crippen molar-refractivity contribution in [2.75, 3.05) is 13.1 Å². The van der Waals surface area contributed by atoms with E-state index in [4.69, 9.17) is 33.7 Å². The number of likely N-dealkylation sites (tertiary alicyclic amines) is 1. The Morgan fingerprint density at radius 1 is 1.13 bits per heavy atom. The Kier molecular flexibility index (Phi) is 7.16. The third-order valence-corrected chi connectivity index (χ3v) is 7.23. The number of nitrogens with zero attached hydrogens (tertiary/aromatic N) is 4. The first kappa shape index (κ1) is 21.8. The van der Waals surface area contributed by atoms with E-state index in [1.165, 1.54) is 44.9 Å². The van der Waals surface area contributed by atoms with Crippen LogP contribution in [0.4, 0.5) is 0 Å². The number of benzene rings is 1. The normalized spacial score (nSPS) is 19.3. The smallest absolute Gasteiger partial charge is 0.199 e. The summed E-state index contributed by atoms with van der Waals surface area (Å²) in [6.45, 7) is 7.80. The number of aromatic nitrogens is 3. The van der Waals surface area contributed by atoms with Crippen LogP contribution in [-0.4, -0.2) is 32.3 Å². The van der Waals surface area contributed by atoms with Gasteiger partial charge in [-0.3, -0.25) is 9.47 Å². The minimum atomic E-state index is 0.423. The summed E-state index contributed by atoms with van der Waals surface area (Å²) in [6.07, 6.45) is 8.70. The van der Waals surface area contributed by atoms with Gasteiger partial charge < -0.3 is 4.74 Å². The molecular formula is C23H33ClN4OS. The van der Waals surface area contributed by atoms with Gasteiger partial charge in [-0.25, -0.2) is 4.68 Å². The van der Waals surface area contributed by atoms with Gasteiger partial charge >= 0.3 is 0 Å². The van der Waals surface area contributed by atoms with Gasteiger partial charge in [0, 0.05) is 24.2 Å². The molecule has 0 N–H and O–H groups in total. The van der Waals surface area contributed by atoms with Crippen LogP contribution in [0.3, 0.4) is 0 Å². The van der Waals surface area contributed by atoms with Crippen molar-refractivity contribution in [3.8, 4) is 5.75 Å². The second-order valence-corrected chi connectivity index (χ2v) is 9.80. The van der Waals surface area contributed by atoms with Crippen LogP contribution in [0.15, 0.2) is 18.2 Å². The molecule has 1 saturated carbocycles. The Hall–Kier alpha value is -1.37. The number of hydrogen-bond donors (Lipinski definition) is 0. The van der Waals surface area contributed by atoms with Gasteiger partial charge in [0.05, 0.1) is 6.67 Å². The van der Waals surface area contributed by atoms with Crippen molar-refractivity contribution in [3.63, 3.8) is 0 Å². The van der Waals surface area contributed by atoms with E-state index in [-0.39, 0.29) is 0 Å². The molecule has 5 nitrogen and oxygen atoms in total. The van der Waals surface area contributed by atoms with Gasteiger partial charge in [0.25, 0.3) is 0 Å². The largest absolute Gasteiger partial charge is 0.485 e. The summed E-state index contributed by atoms with van der Waals surface area (Å²) in [7, 11) is 0. The first-order valence-electron chi connectivity index (χ1n) is 11.3. The summed E-state index contributed by atoms with van der Waals surface area (Å²) in [5.74, 6) is 2.60. The highest BCUT2D eigenvalue weighted by Crippen LogP contribution is 2.30. The van der Waals surface area contributed by atoms with Gasteiger partial charge in [0.15, 0.2) is 10.6 Å². The summed E-state index contributed by atoms with van der Waals surface area (Å²) in [5, 5.41) is 5.67. The van der Waals surface area contributed by atoms with Gasteiger partial charge in [0.1, 0.15) is 12.4 Å². The molecule has 0 radical (unpaired) electrons. The number of hydrogen-bond acceptors (Lipinski definition) is 4. The van der Waals surface area contributed by atoms with Gasteiger partial charge in [-0.05, 0) is 74.5 Å². The lowest BCUT2D eigenvalue weighted by Gasteiger charge is -2.29. The summed E-state index contributed by atoms with van der Waals surface area (Å²) in [5.41, 5.74) is 1.03. The molecule has 2 heterocycles. The maximum absolute atomic E-state index is 6.17. The molecule has 164 valence electrons. The Bertz CT molecular complexity index is 910. The molecule has 1 saturated heterocycles. The molecule has 0 unspecified atom stereocenters. The molecule has 0 spiro atoms. The van der Waals surface area contributed by atoms with Crippen molar-refractivity contribution in [2.24, 2.45) is 5.92 Å². The van der Waals surface area contributed by atoms with E-state index in [1.54, 1.807) is 0 Å². The summed E-state index contributed by atoms with van der Waals surface area (Å²) < 4.78 is 11.3. The monoisotopic (exact) mass is 448 g/mol. The van der Waals surface area contributed by atoms with Crippen LogP contribution in [0.1, 0.15) is 69.3 Å². The van der Waals surface area contributed by atoms with Crippen LogP contribution in [0.2, 0.25) is 5.02 Å². The zero-order chi connectivity index (χ0) is 21.1. The van der Waals surface area contributed by atoms with Crippen molar-refractivity contribution >= 4 is 23.8 Å². The van der Waals surface area contributed by atoms with Crippen LogP contribution in [0.5, 0.6) is 5.75 Å². The second-order valence-electron chi connectivity index (χ2n) is 9.00. The molecule has 4 rings (SSSR count). The highest BCUT2D eigenvalue weighted by Gasteiger charge is 2.24. The molecule has 1 aliphatic heterocycles.